The summed E-state index contributed by atoms with van der Waals surface area (Å²) < 4.78 is 18.2. The fourth-order valence-corrected chi connectivity index (χ4v) is 2.02. The van der Waals surface area contributed by atoms with Crippen LogP contribution in [-0.2, 0) is 16.0 Å². The molecule has 1 aromatic heterocycles. The van der Waals surface area contributed by atoms with Gasteiger partial charge in [0.15, 0.2) is 5.82 Å². The Balaban J connectivity index is 1.65. The molecule has 1 heterocycles. The second-order valence-corrected chi connectivity index (χ2v) is 5.09. The summed E-state index contributed by atoms with van der Waals surface area (Å²) in [7, 11) is 0. The number of carbonyl (C=O) groups is 2. The van der Waals surface area contributed by atoms with Gasteiger partial charge in [0.25, 0.3) is 0 Å². The zero-order valence-corrected chi connectivity index (χ0v) is 12.8. The van der Waals surface area contributed by atoms with Crippen molar-refractivity contribution in [2.45, 2.75) is 26.2 Å². The molecule has 0 bridgehead atoms. The number of aromatic nitrogens is 1. The third-order valence-corrected chi connectivity index (χ3v) is 3.15. The van der Waals surface area contributed by atoms with Gasteiger partial charge in [-0.3, -0.25) is 9.59 Å². The van der Waals surface area contributed by atoms with Gasteiger partial charge in [-0.2, -0.15) is 0 Å². The van der Waals surface area contributed by atoms with E-state index in [2.05, 4.69) is 15.8 Å². The molecule has 0 atom stereocenters. The van der Waals surface area contributed by atoms with Gasteiger partial charge in [-0.1, -0.05) is 23.4 Å². The molecular weight excluding hydrogens is 301 g/mol. The van der Waals surface area contributed by atoms with Crippen LogP contribution in [-0.4, -0.2) is 23.5 Å². The third-order valence-electron chi connectivity index (χ3n) is 3.15. The fraction of sp³-hybridized carbons (Fsp3) is 0.312. The summed E-state index contributed by atoms with van der Waals surface area (Å²) in [5.74, 6) is -0.0254. The fourth-order valence-electron chi connectivity index (χ4n) is 2.02. The molecule has 0 aliphatic carbocycles. The Labute approximate surface area is 133 Å². The maximum absolute atomic E-state index is 13.4. The van der Waals surface area contributed by atoms with E-state index < -0.39 is 0 Å². The van der Waals surface area contributed by atoms with Crippen molar-refractivity contribution in [2.75, 3.05) is 11.9 Å². The Morgan fingerprint density at radius 2 is 2.04 bits per heavy atom. The van der Waals surface area contributed by atoms with Gasteiger partial charge in [0.2, 0.25) is 11.8 Å². The number of halogens is 1. The summed E-state index contributed by atoms with van der Waals surface area (Å²) >= 11 is 0. The van der Waals surface area contributed by atoms with Crippen molar-refractivity contribution in [3.05, 3.63) is 47.5 Å². The van der Waals surface area contributed by atoms with Crippen molar-refractivity contribution < 1.29 is 18.5 Å². The maximum Gasteiger partial charge on any atom is 0.245 e. The highest BCUT2D eigenvalue weighted by Gasteiger charge is 2.09. The topological polar surface area (TPSA) is 84.2 Å². The molecule has 0 spiro atoms. The first-order chi connectivity index (χ1) is 11.0. The minimum Gasteiger partial charge on any atom is -0.360 e. The van der Waals surface area contributed by atoms with Gasteiger partial charge in [-0.25, -0.2) is 4.39 Å². The molecule has 0 unspecified atom stereocenters. The first-order valence-corrected chi connectivity index (χ1v) is 7.28. The molecule has 6 nitrogen and oxygen atoms in total. The quantitative estimate of drug-likeness (QED) is 0.819. The standard InChI is InChI=1S/C16H18FN3O3/c1-11-9-14(20-23-11)19-16(22)10-18-15(21)8-4-6-12-5-2-3-7-13(12)17/h2-3,5,7,9H,4,6,8,10H2,1H3,(H,18,21)(H,19,20,22). The lowest BCUT2D eigenvalue weighted by Gasteiger charge is -2.05. The monoisotopic (exact) mass is 319 g/mol. The molecule has 0 fully saturated rings. The van der Waals surface area contributed by atoms with Gasteiger partial charge in [0, 0.05) is 12.5 Å². The number of benzene rings is 1. The predicted octanol–water partition coefficient (Wildman–Crippen LogP) is 2.20. The maximum atomic E-state index is 13.4. The summed E-state index contributed by atoms with van der Waals surface area (Å²) in [4.78, 5) is 23.3. The van der Waals surface area contributed by atoms with Crippen LogP contribution in [0.3, 0.4) is 0 Å². The molecule has 2 aromatic rings. The Kier molecular flexibility index (Phi) is 5.85. The highest BCUT2D eigenvalue weighted by atomic mass is 19.1. The van der Waals surface area contributed by atoms with Crippen LogP contribution in [0.1, 0.15) is 24.2 Å². The van der Waals surface area contributed by atoms with Crippen molar-refractivity contribution in [2.24, 2.45) is 0 Å². The van der Waals surface area contributed by atoms with Crippen LogP contribution in [0.2, 0.25) is 0 Å². The van der Waals surface area contributed by atoms with Crippen LogP contribution >= 0.6 is 0 Å². The average Bonchev–Trinajstić information content (AvgIpc) is 2.92. The number of amides is 2. The average molecular weight is 319 g/mol. The zero-order valence-electron chi connectivity index (χ0n) is 12.8. The van der Waals surface area contributed by atoms with E-state index in [0.717, 1.165) is 0 Å². The van der Waals surface area contributed by atoms with E-state index in [-0.39, 0.29) is 30.6 Å². The van der Waals surface area contributed by atoms with Crippen LogP contribution in [0.25, 0.3) is 0 Å². The van der Waals surface area contributed by atoms with E-state index in [1.807, 2.05) is 0 Å². The van der Waals surface area contributed by atoms with Gasteiger partial charge in [-0.15, -0.1) is 0 Å². The van der Waals surface area contributed by atoms with E-state index in [1.54, 1.807) is 31.2 Å². The lowest BCUT2D eigenvalue weighted by Crippen LogP contribution is -2.32. The largest absolute Gasteiger partial charge is 0.360 e. The number of hydrogen-bond acceptors (Lipinski definition) is 4. The SMILES string of the molecule is Cc1cc(NC(=O)CNC(=O)CCCc2ccccc2F)no1. The summed E-state index contributed by atoms with van der Waals surface area (Å²) in [6.45, 7) is 1.56. The number of nitrogens with zero attached hydrogens (tertiary/aromatic N) is 1. The van der Waals surface area contributed by atoms with E-state index in [4.69, 9.17) is 4.52 Å². The Bertz CT molecular complexity index is 685. The number of hydrogen-bond donors (Lipinski definition) is 2. The van der Waals surface area contributed by atoms with Crippen molar-refractivity contribution in [3.63, 3.8) is 0 Å². The highest BCUT2D eigenvalue weighted by Crippen LogP contribution is 2.10. The van der Waals surface area contributed by atoms with E-state index in [0.29, 0.717) is 30.0 Å². The molecule has 2 N–H and O–H groups in total. The predicted molar refractivity (Wildman–Crippen MR) is 82.2 cm³/mol. The van der Waals surface area contributed by atoms with Crippen LogP contribution in [0.15, 0.2) is 34.9 Å². The number of aryl methyl sites for hydroxylation is 2. The van der Waals surface area contributed by atoms with Gasteiger partial charge in [-0.05, 0) is 31.4 Å². The summed E-state index contributed by atoms with van der Waals surface area (Å²) in [5, 5.41) is 8.63. The van der Waals surface area contributed by atoms with Crippen LogP contribution < -0.4 is 10.6 Å². The van der Waals surface area contributed by atoms with Gasteiger partial charge >= 0.3 is 0 Å². The molecule has 0 saturated carbocycles. The molecule has 1 aromatic carbocycles. The summed E-state index contributed by atoms with van der Waals surface area (Å²) in [5.41, 5.74) is 0.583. The van der Waals surface area contributed by atoms with Crippen molar-refractivity contribution in [1.29, 1.82) is 0 Å². The number of rotatable bonds is 7. The molecule has 23 heavy (non-hydrogen) atoms. The van der Waals surface area contributed by atoms with Crippen LogP contribution in [0.4, 0.5) is 10.2 Å². The van der Waals surface area contributed by atoms with Crippen molar-refractivity contribution in [1.82, 2.24) is 10.5 Å². The molecule has 0 radical (unpaired) electrons. The highest BCUT2D eigenvalue weighted by molar-refractivity contribution is 5.93. The lowest BCUT2D eigenvalue weighted by molar-refractivity contribution is -0.124. The van der Waals surface area contributed by atoms with E-state index in [1.165, 1.54) is 6.07 Å². The molecule has 0 aliphatic heterocycles. The minimum absolute atomic E-state index is 0.148. The van der Waals surface area contributed by atoms with Gasteiger partial charge < -0.3 is 15.2 Å². The first kappa shape index (κ1) is 16.7. The van der Waals surface area contributed by atoms with E-state index >= 15 is 0 Å². The molecule has 2 amide bonds. The molecule has 0 saturated heterocycles. The molecular formula is C16H18FN3O3. The number of nitrogens with one attached hydrogen (secondary N) is 2. The third kappa shape index (κ3) is 5.54. The Morgan fingerprint density at radius 3 is 2.74 bits per heavy atom. The number of anilines is 1. The van der Waals surface area contributed by atoms with Crippen LogP contribution in [0.5, 0.6) is 0 Å². The molecule has 7 heteroatoms. The Morgan fingerprint density at radius 1 is 1.26 bits per heavy atom. The summed E-state index contributed by atoms with van der Waals surface area (Å²) in [6.07, 6.45) is 1.21. The summed E-state index contributed by atoms with van der Waals surface area (Å²) in [6, 6.07) is 8.05. The van der Waals surface area contributed by atoms with Crippen molar-refractivity contribution in [3.8, 4) is 0 Å². The molecule has 0 aliphatic rings. The smallest absolute Gasteiger partial charge is 0.245 e. The van der Waals surface area contributed by atoms with Crippen molar-refractivity contribution >= 4 is 17.6 Å². The molecule has 122 valence electrons. The lowest BCUT2D eigenvalue weighted by atomic mass is 10.1. The zero-order chi connectivity index (χ0) is 16.7. The molecule has 2 rings (SSSR count). The van der Waals surface area contributed by atoms with E-state index in [9.17, 15) is 14.0 Å². The second kappa shape index (κ2) is 8.07. The number of carbonyl (C=O) groups excluding carboxylic acids is 2. The van der Waals surface area contributed by atoms with Gasteiger partial charge in [0.05, 0.1) is 6.54 Å². The minimum atomic E-state index is -0.388. The normalized spacial score (nSPS) is 10.3. The second-order valence-electron chi connectivity index (χ2n) is 5.09. The van der Waals surface area contributed by atoms with Crippen LogP contribution in [0, 0.1) is 12.7 Å². The Hall–Kier alpha value is -2.70. The van der Waals surface area contributed by atoms with Gasteiger partial charge in [0.1, 0.15) is 11.6 Å². The first-order valence-electron chi connectivity index (χ1n) is 7.28.